The molecular formula is C15H21NO4. The zero-order valence-electron chi connectivity index (χ0n) is 11.5. The summed E-state index contributed by atoms with van der Waals surface area (Å²) in [6.07, 6.45) is 1.05. The molecule has 110 valence electrons. The molecule has 0 unspecified atom stereocenters. The van der Waals surface area contributed by atoms with Crippen LogP contribution in [0.1, 0.15) is 18.4 Å². The van der Waals surface area contributed by atoms with Gasteiger partial charge in [-0.1, -0.05) is 30.3 Å². The van der Waals surface area contributed by atoms with Crippen LogP contribution in [0.15, 0.2) is 30.3 Å². The van der Waals surface area contributed by atoms with Gasteiger partial charge in [-0.3, -0.25) is 0 Å². The number of aliphatic hydroxyl groups is 1. The highest BCUT2D eigenvalue weighted by atomic mass is 16.5. The van der Waals surface area contributed by atoms with E-state index in [1.165, 1.54) is 0 Å². The van der Waals surface area contributed by atoms with E-state index in [4.69, 9.17) is 9.47 Å². The fourth-order valence-corrected chi connectivity index (χ4v) is 2.23. The number of rotatable bonds is 5. The first-order valence-electron chi connectivity index (χ1n) is 6.87. The second-order valence-electron chi connectivity index (χ2n) is 5.19. The topological polar surface area (TPSA) is 67.8 Å². The highest BCUT2D eigenvalue weighted by Gasteiger charge is 2.32. The van der Waals surface area contributed by atoms with Crippen molar-refractivity contribution in [1.82, 2.24) is 5.32 Å². The Balaban J connectivity index is 1.74. The summed E-state index contributed by atoms with van der Waals surface area (Å²) in [5.74, 6) is 0. The van der Waals surface area contributed by atoms with E-state index in [2.05, 4.69) is 5.32 Å². The lowest BCUT2D eigenvalue weighted by Gasteiger charge is -2.35. The summed E-state index contributed by atoms with van der Waals surface area (Å²) in [5, 5.41) is 12.3. The molecule has 5 nitrogen and oxygen atoms in total. The van der Waals surface area contributed by atoms with Gasteiger partial charge in [0.2, 0.25) is 0 Å². The van der Waals surface area contributed by atoms with E-state index in [-0.39, 0.29) is 18.6 Å². The van der Waals surface area contributed by atoms with Gasteiger partial charge >= 0.3 is 6.09 Å². The molecule has 0 aliphatic carbocycles. The summed E-state index contributed by atoms with van der Waals surface area (Å²) in [6.45, 7) is 1.97. The molecule has 0 spiro atoms. The molecule has 0 atom stereocenters. The third-order valence-corrected chi connectivity index (χ3v) is 3.71. The number of benzene rings is 1. The van der Waals surface area contributed by atoms with Gasteiger partial charge < -0.3 is 19.9 Å². The van der Waals surface area contributed by atoms with Gasteiger partial charge in [-0.15, -0.1) is 0 Å². The molecule has 1 heterocycles. The molecule has 1 aromatic rings. The van der Waals surface area contributed by atoms with Crippen LogP contribution in [0.2, 0.25) is 0 Å². The molecule has 0 radical (unpaired) electrons. The third-order valence-electron chi connectivity index (χ3n) is 3.71. The van der Waals surface area contributed by atoms with Crippen molar-refractivity contribution in [3.63, 3.8) is 0 Å². The minimum atomic E-state index is -0.451. The Labute approximate surface area is 118 Å². The number of aliphatic hydroxyl groups excluding tert-OH is 1. The standard InChI is InChI=1S/C15H21NO4/c17-12-15(6-8-19-9-7-15)11-16-14(18)20-10-13-4-2-1-3-5-13/h1-5,17H,6-12H2,(H,16,18). The SMILES string of the molecule is O=C(NCC1(CO)CCOCC1)OCc1ccccc1. The molecule has 1 aromatic carbocycles. The minimum absolute atomic E-state index is 0.0509. The number of hydrogen-bond acceptors (Lipinski definition) is 4. The van der Waals surface area contributed by atoms with E-state index in [0.29, 0.717) is 19.8 Å². The first-order valence-corrected chi connectivity index (χ1v) is 6.87. The molecule has 1 saturated heterocycles. The summed E-state index contributed by atoms with van der Waals surface area (Å²) in [7, 11) is 0. The largest absolute Gasteiger partial charge is 0.445 e. The molecule has 1 fully saturated rings. The minimum Gasteiger partial charge on any atom is -0.445 e. The smallest absolute Gasteiger partial charge is 0.407 e. The Morgan fingerprint density at radius 2 is 2.00 bits per heavy atom. The number of nitrogens with one attached hydrogen (secondary N) is 1. The van der Waals surface area contributed by atoms with Crippen LogP contribution in [0.5, 0.6) is 0 Å². The molecule has 1 aliphatic rings. The highest BCUT2D eigenvalue weighted by Crippen LogP contribution is 2.28. The quantitative estimate of drug-likeness (QED) is 0.861. The van der Waals surface area contributed by atoms with E-state index >= 15 is 0 Å². The van der Waals surface area contributed by atoms with E-state index in [9.17, 15) is 9.90 Å². The van der Waals surface area contributed by atoms with Gasteiger partial charge in [0.25, 0.3) is 0 Å². The number of ether oxygens (including phenoxy) is 2. The molecule has 1 aliphatic heterocycles. The molecule has 2 N–H and O–H groups in total. The van der Waals surface area contributed by atoms with Gasteiger partial charge in [0.1, 0.15) is 6.61 Å². The summed E-state index contributed by atoms with van der Waals surface area (Å²) in [5.41, 5.74) is 0.676. The maximum absolute atomic E-state index is 11.7. The summed E-state index contributed by atoms with van der Waals surface area (Å²) in [6, 6.07) is 9.53. The van der Waals surface area contributed by atoms with Crippen molar-refractivity contribution in [3.8, 4) is 0 Å². The molecule has 2 rings (SSSR count). The van der Waals surface area contributed by atoms with Crippen molar-refractivity contribution in [2.45, 2.75) is 19.4 Å². The average molecular weight is 279 g/mol. The molecule has 0 aromatic heterocycles. The maximum Gasteiger partial charge on any atom is 0.407 e. The van der Waals surface area contributed by atoms with E-state index < -0.39 is 6.09 Å². The summed E-state index contributed by atoms with van der Waals surface area (Å²) in [4.78, 5) is 11.7. The van der Waals surface area contributed by atoms with Crippen molar-refractivity contribution in [1.29, 1.82) is 0 Å². The van der Waals surface area contributed by atoms with Crippen LogP contribution in [-0.4, -0.2) is 37.6 Å². The Morgan fingerprint density at radius 3 is 2.65 bits per heavy atom. The van der Waals surface area contributed by atoms with Crippen LogP contribution in [0.3, 0.4) is 0 Å². The van der Waals surface area contributed by atoms with Crippen LogP contribution in [0, 0.1) is 5.41 Å². The van der Waals surface area contributed by atoms with E-state index in [0.717, 1.165) is 18.4 Å². The van der Waals surface area contributed by atoms with Crippen molar-refractivity contribution < 1.29 is 19.4 Å². The second kappa shape index (κ2) is 7.26. The Bertz CT molecular complexity index is 415. The molecule has 0 saturated carbocycles. The van der Waals surface area contributed by atoms with Crippen molar-refractivity contribution in [3.05, 3.63) is 35.9 Å². The normalized spacial score (nSPS) is 17.4. The van der Waals surface area contributed by atoms with Crippen LogP contribution in [0.4, 0.5) is 4.79 Å². The van der Waals surface area contributed by atoms with Crippen LogP contribution >= 0.6 is 0 Å². The van der Waals surface area contributed by atoms with Gasteiger partial charge in [0.05, 0.1) is 6.61 Å². The summed E-state index contributed by atoms with van der Waals surface area (Å²) < 4.78 is 10.4. The first-order chi connectivity index (χ1) is 9.74. The number of hydrogen-bond donors (Lipinski definition) is 2. The molecule has 20 heavy (non-hydrogen) atoms. The van der Waals surface area contributed by atoms with Crippen molar-refractivity contribution >= 4 is 6.09 Å². The van der Waals surface area contributed by atoms with E-state index in [1.807, 2.05) is 30.3 Å². The predicted molar refractivity (Wildman–Crippen MR) is 74.2 cm³/mol. The third kappa shape index (κ3) is 4.21. The van der Waals surface area contributed by atoms with Crippen LogP contribution in [-0.2, 0) is 16.1 Å². The Morgan fingerprint density at radius 1 is 1.30 bits per heavy atom. The lowest BCUT2D eigenvalue weighted by molar-refractivity contribution is -0.0153. The Hall–Kier alpha value is -1.59. The summed E-state index contributed by atoms with van der Waals surface area (Å²) >= 11 is 0. The zero-order chi connectivity index (χ0) is 14.3. The monoisotopic (exact) mass is 279 g/mol. The molecular weight excluding hydrogens is 258 g/mol. The molecule has 5 heteroatoms. The predicted octanol–water partition coefficient (Wildman–Crippen LogP) is 1.70. The van der Waals surface area contributed by atoms with Crippen LogP contribution in [0.25, 0.3) is 0 Å². The highest BCUT2D eigenvalue weighted by molar-refractivity contribution is 5.67. The van der Waals surface area contributed by atoms with Gasteiger partial charge in [0, 0.05) is 25.2 Å². The lowest BCUT2D eigenvalue weighted by Crippen LogP contribution is -2.43. The number of alkyl carbamates (subject to hydrolysis) is 1. The number of amides is 1. The van der Waals surface area contributed by atoms with Gasteiger partial charge in [-0.25, -0.2) is 4.79 Å². The fourth-order valence-electron chi connectivity index (χ4n) is 2.23. The van der Waals surface area contributed by atoms with E-state index in [1.54, 1.807) is 0 Å². The lowest BCUT2D eigenvalue weighted by atomic mass is 9.81. The zero-order valence-corrected chi connectivity index (χ0v) is 11.5. The number of carbonyl (C=O) groups is 1. The Kier molecular flexibility index (Phi) is 5.38. The van der Waals surface area contributed by atoms with Crippen molar-refractivity contribution in [2.75, 3.05) is 26.4 Å². The number of carbonyl (C=O) groups excluding carboxylic acids is 1. The maximum atomic E-state index is 11.7. The van der Waals surface area contributed by atoms with Crippen molar-refractivity contribution in [2.24, 2.45) is 5.41 Å². The van der Waals surface area contributed by atoms with Crippen LogP contribution < -0.4 is 5.32 Å². The molecule has 1 amide bonds. The average Bonchev–Trinajstić information content (AvgIpc) is 2.53. The van der Waals surface area contributed by atoms with Gasteiger partial charge in [-0.2, -0.15) is 0 Å². The van der Waals surface area contributed by atoms with Gasteiger partial charge in [0.15, 0.2) is 0 Å². The fraction of sp³-hybridized carbons (Fsp3) is 0.533. The van der Waals surface area contributed by atoms with Gasteiger partial charge in [-0.05, 0) is 18.4 Å². The molecule has 0 bridgehead atoms. The first kappa shape index (κ1) is 14.8. The second-order valence-corrected chi connectivity index (χ2v) is 5.19.